The van der Waals surface area contributed by atoms with Gasteiger partial charge in [-0.1, -0.05) is 30.3 Å². The van der Waals surface area contributed by atoms with Gasteiger partial charge in [-0.05, 0) is 31.9 Å². The highest BCUT2D eigenvalue weighted by Crippen LogP contribution is 2.01. The molecule has 1 aromatic rings. The number of aryl methyl sites for hydroxylation is 1. The zero-order chi connectivity index (χ0) is 12.7. The molecule has 0 fully saturated rings. The summed E-state index contributed by atoms with van der Waals surface area (Å²) in [4.78, 5) is 13.2. The van der Waals surface area contributed by atoms with Crippen molar-refractivity contribution in [3.05, 3.63) is 35.9 Å². The lowest BCUT2D eigenvalue weighted by Gasteiger charge is -2.17. The molecule has 3 nitrogen and oxygen atoms in total. The molecule has 94 valence electrons. The molecule has 17 heavy (non-hydrogen) atoms. The summed E-state index contributed by atoms with van der Waals surface area (Å²) in [5.41, 5.74) is 1.35. The van der Waals surface area contributed by atoms with Crippen LogP contribution in [0.5, 0.6) is 0 Å². The normalized spacial score (nSPS) is 12.2. The standard InChI is InChI=1S/C14H22N2O/c1-12(14(17)16(2)3)15-11-7-10-13-8-5-4-6-9-13/h4-6,8-9,12,15H,7,10-11H2,1-3H3. The fourth-order valence-corrected chi connectivity index (χ4v) is 1.73. The van der Waals surface area contributed by atoms with Crippen LogP contribution in [0.2, 0.25) is 0 Å². The van der Waals surface area contributed by atoms with Gasteiger partial charge in [0.05, 0.1) is 6.04 Å². The second kappa shape index (κ2) is 7.07. The van der Waals surface area contributed by atoms with Crippen molar-refractivity contribution in [2.24, 2.45) is 0 Å². The highest BCUT2D eigenvalue weighted by atomic mass is 16.2. The Morgan fingerprint density at radius 3 is 2.53 bits per heavy atom. The summed E-state index contributed by atoms with van der Waals surface area (Å²) >= 11 is 0. The quantitative estimate of drug-likeness (QED) is 0.760. The summed E-state index contributed by atoms with van der Waals surface area (Å²) in [6, 6.07) is 10.3. The van der Waals surface area contributed by atoms with Crippen LogP contribution in [-0.4, -0.2) is 37.5 Å². The fourth-order valence-electron chi connectivity index (χ4n) is 1.73. The zero-order valence-corrected chi connectivity index (χ0v) is 10.9. The van der Waals surface area contributed by atoms with E-state index in [9.17, 15) is 4.79 Å². The van der Waals surface area contributed by atoms with Crippen LogP contribution in [0, 0.1) is 0 Å². The minimum atomic E-state index is -0.0965. The Bertz CT molecular complexity index is 335. The highest BCUT2D eigenvalue weighted by molar-refractivity contribution is 5.80. The van der Waals surface area contributed by atoms with Gasteiger partial charge >= 0.3 is 0 Å². The predicted molar refractivity (Wildman–Crippen MR) is 70.9 cm³/mol. The first kappa shape index (κ1) is 13.7. The molecule has 1 rings (SSSR count). The Hall–Kier alpha value is -1.35. The SMILES string of the molecule is CC(NCCCc1ccccc1)C(=O)N(C)C. The molecule has 1 amide bonds. The lowest BCUT2D eigenvalue weighted by atomic mass is 10.1. The van der Waals surface area contributed by atoms with Crippen molar-refractivity contribution in [1.82, 2.24) is 10.2 Å². The Morgan fingerprint density at radius 1 is 1.29 bits per heavy atom. The number of benzene rings is 1. The first-order valence-electron chi connectivity index (χ1n) is 6.09. The molecule has 0 aliphatic rings. The van der Waals surface area contributed by atoms with E-state index in [-0.39, 0.29) is 11.9 Å². The Labute approximate surface area is 104 Å². The highest BCUT2D eigenvalue weighted by Gasteiger charge is 2.12. The number of nitrogens with zero attached hydrogens (tertiary/aromatic N) is 1. The fraction of sp³-hybridized carbons (Fsp3) is 0.500. The Morgan fingerprint density at radius 2 is 1.94 bits per heavy atom. The van der Waals surface area contributed by atoms with E-state index >= 15 is 0 Å². The van der Waals surface area contributed by atoms with E-state index in [2.05, 4.69) is 29.6 Å². The topological polar surface area (TPSA) is 32.3 Å². The molecule has 0 saturated heterocycles. The molecular formula is C14H22N2O. The van der Waals surface area contributed by atoms with E-state index < -0.39 is 0 Å². The predicted octanol–water partition coefficient (Wildman–Crippen LogP) is 1.69. The summed E-state index contributed by atoms with van der Waals surface area (Å²) in [7, 11) is 3.56. The lowest BCUT2D eigenvalue weighted by Crippen LogP contribution is -2.41. The molecule has 0 heterocycles. The maximum Gasteiger partial charge on any atom is 0.238 e. The first-order chi connectivity index (χ1) is 8.11. The summed E-state index contributed by atoms with van der Waals surface area (Å²) in [6.07, 6.45) is 2.10. The molecule has 1 N–H and O–H groups in total. The second-order valence-corrected chi connectivity index (χ2v) is 4.50. The van der Waals surface area contributed by atoms with Crippen LogP contribution >= 0.6 is 0 Å². The van der Waals surface area contributed by atoms with Crippen LogP contribution in [0.15, 0.2) is 30.3 Å². The van der Waals surface area contributed by atoms with Crippen LogP contribution in [0.1, 0.15) is 18.9 Å². The number of carbonyl (C=O) groups excluding carboxylic acids is 1. The van der Waals surface area contributed by atoms with Gasteiger partial charge in [0, 0.05) is 14.1 Å². The van der Waals surface area contributed by atoms with Crippen molar-refractivity contribution in [2.75, 3.05) is 20.6 Å². The van der Waals surface area contributed by atoms with Gasteiger partial charge in [-0.25, -0.2) is 0 Å². The zero-order valence-electron chi connectivity index (χ0n) is 10.9. The van der Waals surface area contributed by atoms with Gasteiger partial charge in [-0.15, -0.1) is 0 Å². The Kier molecular flexibility index (Phi) is 5.70. The molecule has 0 spiro atoms. The molecule has 0 saturated carbocycles. The van der Waals surface area contributed by atoms with Crippen molar-refractivity contribution in [2.45, 2.75) is 25.8 Å². The van der Waals surface area contributed by atoms with Crippen molar-refractivity contribution < 1.29 is 4.79 Å². The molecule has 0 aliphatic heterocycles. The largest absolute Gasteiger partial charge is 0.347 e. The van der Waals surface area contributed by atoms with E-state index in [1.165, 1.54) is 5.56 Å². The molecule has 0 bridgehead atoms. The van der Waals surface area contributed by atoms with Crippen LogP contribution in [-0.2, 0) is 11.2 Å². The van der Waals surface area contributed by atoms with Crippen molar-refractivity contribution in [3.63, 3.8) is 0 Å². The van der Waals surface area contributed by atoms with Gasteiger partial charge in [0.1, 0.15) is 0 Å². The third-order valence-corrected chi connectivity index (χ3v) is 2.75. The first-order valence-corrected chi connectivity index (χ1v) is 6.09. The van der Waals surface area contributed by atoms with E-state index in [4.69, 9.17) is 0 Å². The summed E-state index contributed by atoms with van der Waals surface area (Å²) in [6.45, 7) is 2.78. The third-order valence-electron chi connectivity index (χ3n) is 2.75. The van der Waals surface area contributed by atoms with Crippen LogP contribution in [0.4, 0.5) is 0 Å². The van der Waals surface area contributed by atoms with E-state index in [1.54, 1.807) is 19.0 Å². The van der Waals surface area contributed by atoms with Crippen LogP contribution in [0.25, 0.3) is 0 Å². The van der Waals surface area contributed by atoms with E-state index in [1.807, 2.05) is 13.0 Å². The van der Waals surface area contributed by atoms with E-state index in [0.717, 1.165) is 19.4 Å². The molecule has 1 aromatic carbocycles. The summed E-state index contributed by atoms with van der Waals surface area (Å²) < 4.78 is 0. The van der Waals surface area contributed by atoms with Gasteiger partial charge in [-0.2, -0.15) is 0 Å². The van der Waals surface area contributed by atoms with Crippen molar-refractivity contribution in [1.29, 1.82) is 0 Å². The molecule has 1 atom stereocenters. The maximum atomic E-state index is 11.6. The minimum Gasteiger partial charge on any atom is -0.347 e. The molecule has 3 heteroatoms. The maximum absolute atomic E-state index is 11.6. The van der Waals surface area contributed by atoms with Crippen LogP contribution < -0.4 is 5.32 Å². The van der Waals surface area contributed by atoms with Crippen LogP contribution in [0.3, 0.4) is 0 Å². The second-order valence-electron chi connectivity index (χ2n) is 4.50. The molecule has 0 aliphatic carbocycles. The number of hydrogen-bond donors (Lipinski definition) is 1. The average Bonchev–Trinajstić information content (AvgIpc) is 2.34. The molecule has 0 aromatic heterocycles. The molecular weight excluding hydrogens is 212 g/mol. The lowest BCUT2D eigenvalue weighted by molar-refractivity contribution is -0.130. The summed E-state index contributed by atoms with van der Waals surface area (Å²) in [5, 5.41) is 3.24. The number of hydrogen-bond acceptors (Lipinski definition) is 2. The number of likely N-dealkylation sites (N-methyl/N-ethyl adjacent to an activating group) is 1. The van der Waals surface area contributed by atoms with E-state index in [0.29, 0.717) is 0 Å². The number of amides is 1. The van der Waals surface area contributed by atoms with Gasteiger partial charge in [0.25, 0.3) is 0 Å². The van der Waals surface area contributed by atoms with Crippen molar-refractivity contribution >= 4 is 5.91 Å². The third kappa shape index (κ3) is 5.00. The number of nitrogens with one attached hydrogen (secondary N) is 1. The van der Waals surface area contributed by atoms with Crippen molar-refractivity contribution in [3.8, 4) is 0 Å². The monoisotopic (exact) mass is 234 g/mol. The van der Waals surface area contributed by atoms with Gasteiger partial charge in [-0.3, -0.25) is 4.79 Å². The smallest absolute Gasteiger partial charge is 0.238 e. The molecule has 0 radical (unpaired) electrons. The number of rotatable bonds is 6. The Balaban J connectivity index is 2.18. The summed E-state index contributed by atoms with van der Waals surface area (Å²) in [5.74, 6) is 0.129. The van der Waals surface area contributed by atoms with Gasteiger partial charge in [0.15, 0.2) is 0 Å². The number of carbonyl (C=O) groups is 1. The minimum absolute atomic E-state index is 0.0965. The van der Waals surface area contributed by atoms with Gasteiger partial charge in [0.2, 0.25) is 5.91 Å². The van der Waals surface area contributed by atoms with Gasteiger partial charge < -0.3 is 10.2 Å². The molecule has 1 unspecified atom stereocenters. The average molecular weight is 234 g/mol.